The number of hydrogen-bond donors (Lipinski definition) is 2. The van der Waals surface area contributed by atoms with Crippen LogP contribution in [0.1, 0.15) is 0 Å². The van der Waals surface area contributed by atoms with E-state index in [9.17, 15) is 13.6 Å². The molecule has 0 spiro atoms. The Hall–Kier alpha value is -0.750. The van der Waals surface area contributed by atoms with E-state index in [-0.39, 0.29) is 13.2 Å². The van der Waals surface area contributed by atoms with Gasteiger partial charge in [-0.1, -0.05) is 0 Å². The van der Waals surface area contributed by atoms with Gasteiger partial charge in [0.05, 0.1) is 19.7 Å². The number of rotatable bonds is 6. The maximum Gasteiger partial charge on any atom is 0.317 e. The van der Waals surface area contributed by atoms with E-state index in [1.807, 2.05) is 0 Å². The highest BCUT2D eigenvalue weighted by atomic mass is 19.3. The number of nitrogens with zero attached hydrogens (tertiary/aromatic N) is 1. The second-order valence-electron chi connectivity index (χ2n) is 2.24. The van der Waals surface area contributed by atoms with Crippen LogP contribution in [0, 0.1) is 0 Å². The predicted molar refractivity (Wildman–Crippen MR) is 37.2 cm³/mol. The Labute approximate surface area is 68.4 Å². The predicted octanol–water partition coefficient (Wildman–Crippen LogP) is -0.370. The Morgan fingerprint density at radius 1 is 1.50 bits per heavy atom. The summed E-state index contributed by atoms with van der Waals surface area (Å²) in [5.74, 6) is -1.18. The van der Waals surface area contributed by atoms with Crippen LogP contribution in [0.15, 0.2) is 0 Å². The first-order chi connectivity index (χ1) is 5.56. The number of aliphatic hydroxyl groups is 1. The molecular weight excluding hydrogens is 172 g/mol. The SMILES string of the molecule is O=C(O)CN(CCO)CC(F)F. The van der Waals surface area contributed by atoms with Gasteiger partial charge in [-0.05, 0) is 0 Å². The Kier molecular flexibility index (Phi) is 5.48. The van der Waals surface area contributed by atoms with Crippen molar-refractivity contribution in [3.63, 3.8) is 0 Å². The third kappa shape index (κ3) is 5.99. The average Bonchev–Trinajstić information content (AvgIpc) is 1.84. The van der Waals surface area contributed by atoms with E-state index < -0.39 is 25.5 Å². The number of alkyl halides is 2. The fraction of sp³-hybridized carbons (Fsp3) is 0.833. The second-order valence-corrected chi connectivity index (χ2v) is 2.24. The molecule has 0 fully saturated rings. The van der Waals surface area contributed by atoms with Crippen molar-refractivity contribution in [2.24, 2.45) is 0 Å². The van der Waals surface area contributed by atoms with Gasteiger partial charge in [0, 0.05) is 6.54 Å². The van der Waals surface area contributed by atoms with Gasteiger partial charge in [0.25, 0.3) is 6.43 Å². The summed E-state index contributed by atoms with van der Waals surface area (Å²) in [7, 11) is 0. The zero-order valence-corrected chi connectivity index (χ0v) is 6.41. The van der Waals surface area contributed by atoms with Crippen molar-refractivity contribution in [1.82, 2.24) is 4.90 Å². The molecule has 6 heteroatoms. The largest absolute Gasteiger partial charge is 0.480 e. The van der Waals surface area contributed by atoms with Gasteiger partial charge < -0.3 is 10.2 Å². The quantitative estimate of drug-likeness (QED) is 0.589. The van der Waals surface area contributed by atoms with Gasteiger partial charge in [0.2, 0.25) is 0 Å². The van der Waals surface area contributed by atoms with Crippen LogP contribution in [0.5, 0.6) is 0 Å². The Morgan fingerprint density at radius 3 is 2.42 bits per heavy atom. The van der Waals surface area contributed by atoms with E-state index in [1.165, 1.54) is 0 Å². The number of carbonyl (C=O) groups is 1. The number of aliphatic carboxylic acids is 1. The first kappa shape index (κ1) is 11.2. The normalized spacial score (nSPS) is 11.1. The van der Waals surface area contributed by atoms with Crippen molar-refractivity contribution in [2.45, 2.75) is 6.43 Å². The van der Waals surface area contributed by atoms with Crippen molar-refractivity contribution in [3.8, 4) is 0 Å². The van der Waals surface area contributed by atoms with Crippen LogP contribution in [0.2, 0.25) is 0 Å². The number of carboxylic acids is 1. The summed E-state index contributed by atoms with van der Waals surface area (Å²) >= 11 is 0. The number of carboxylic acid groups (broad SMARTS) is 1. The summed E-state index contributed by atoms with van der Waals surface area (Å²) in [6, 6.07) is 0. The molecule has 72 valence electrons. The van der Waals surface area contributed by atoms with E-state index in [0.29, 0.717) is 0 Å². The Morgan fingerprint density at radius 2 is 2.08 bits per heavy atom. The van der Waals surface area contributed by atoms with Gasteiger partial charge in [-0.15, -0.1) is 0 Å². The topological polar surface area (TPSA) is 60.8 Å². The minimum atomic E-state index is -2.57. The smallest absolute Gasteiger partial charge is 0.317 e. The first-order valence-electron chi connectivity index (χ1n) is 3.39. The van der Waals surface area contributed by atoms with Crippen molar-refractivity contribution in [2.75, 3.05) is 26.2 Å². The molecule has 0 saturated heterocycles. The third-order valence-corrected chi connectivity index (χ3v) is 1.17. The molecular formula is C6H11F2NO3. The third-order valence-electron chi connectivity index (χ3n) is 1.17. The van der Waals surface area contributed by atoms with Crippen LogP contribution in [0.4, 0.5) is 8.78 Å². The molecule has 0 aliphatic rings. The molecule has 0 atom stereocenters. The number of aliphatic hydroxyl groups excluding tert-OH is 1. The molecule has 0 rings (SSSR count). The van der Waals surface area contributed by atoms with Gasteiger partial charge >= 0.3 is 5.97 Å². The summed E-state index contributed by atoms with van der Waals surface area (Å²) in [5, 5.41) is 16.6. The number of hydrogen-bond acceptors (Lipinski definition) is 3. The standard InChI is InChI=1S/C6H11F2NO3/c7-5(8)3-9(1-2-10)4-6(11)12/h5,10H,1-4H2,(H,11,12). The summed E-state index contributed by atoms with van der Waals surface area (Å²) in [6.45, 7) is -1.45. The molecule has 0 aromatic carbocycles. The number of halogens is 2. The lowest BCUT2D eigenvalue weighted by Crippen LogP contribution is -2.35. The van der Waals surface area contributed by atoms with Crippen LogP contribution in [0.3, 0.4) is 0 Å². The Balaban J connectivity index is 3.77. The van der Waals surface area contributed by atoms with Crippen molar-refractivity contribution >= 4 is 5.97 Å². The minimum Gasteiger partial charge on any atom is -0.480 e. The fourth-order valence-electron chi connectivity index (χ4n) is 0.763. The van der Waals surface area contributed by atoms with Gasteiger partial charge in [0.15, 0.2) is 0 Å². The van der Waals surface area contributed by atoms with Crippen LogP contribution >= 0.6 is 0 Å². The van der Waals surface area contributed by atoms with E-state index in [2.05, 4.69) is 0 Å². The van der Waals surface area contributed by atoms with E-state index in [0.717, 1.165) is 4.90 Å². The average molecular weight is 183 g/mol. The van der Waals surface area contributed by atoms with Crippen molar-refractivity contribution < 1.29 is 23.8 Å². The molecule has 0 aliphatic heterocycles. The zero-order chi connectivity index (χ0) is 9.56. The highest BCUT2D eigenvalue weighted by Crippen LogP contribution is 1.97. The highest BCUT2D eigenvalue weighted by Gasteiger charge is 2.13. The van der Waals surface area contributed by atoms with Crippen LogP contribution in [-0.2, 0) is 4.79 Å². The molecule has 0 unspecified atom stereocenters. The first-order valence-corrected chi connectivity index (χ1v) is 3.39. The van der Waals surface area contributed by atoms with E-state index in [4.69, 9.17) is 10.2 Å². The molecule has 0 aliphatic carbocycles. The molecule has 0 heterocycles. The lowest BCUT2D eigenvalue weighted by Gasteiger charge is -2.17. The molecule has 0 aromatic rings. The maximum absolute atomic E-state index is 11.7. The summed E-state index contributed by atoms with van der Waals surface area (Å²) in [5.41, 5.74) is 0. The maximum atomic E-state index is 11.7. The van der Waals surface area contributed by atoms with Crippen LogP contribution < -0.4 is 0 Å². The second kappa shape index (κ2) is 5.84. The van der Waals surface area contributed by atoms with Crippen molar-refractivity contribution in [1.29, 1.82) is 0 Å². The van der Waals surface area contributed by atoms with Crippen LogP contribution in [-0.4, -0.2) is 53.7 Å². The zero-order valence-electron chi connectivity index (χ0n) is 6.41. The molecule has 4 nitrogen and oxygen atoms in total. The monoisotopic (exact) mass is 183 g/mol. The van der Waals surface area contributed by atoms with Gasteiger partial charge in [-0.3, -0.25) is 9.69 Å². The summed E-state index contributed by atoms with van der Waals surface area (Å²) in [6.07, 6.45) is -2.57. The van der Waals surface area contributed by atoms with Gasteiger partial charge in [-0.2, -0.15) is 0 Å². The highest BCUT2D eigenvalue weighted by molar-refractivity contribution is 5.69. The van der Waals surface area contributed by atoms with E-state index in [1.54, 1.807) is 0 Å². The minimum absolute atomic E-state index is 0.0450. The molecule has 0 saturated carbocycles. The van der Waals surface area contributed by atoms with Crippen LogP contribution in [0.25, 0.3) is 0 Å². The Bertz CT molecular complexity index is 143. The molecule has 0 radical (unpaired) electrons. The molecule has 0 amide bonds. The van der Waals surface area contributed by atoms with E-state index >= 15 is 0 Å². The van der Waals surface area contributed by atoms with Crippen molar-refractivity contribution in [3.05, 3.63) is 0 Å². The lowest BCUT2D eigenvalue weighted by atomic mass is 10.4. The molecule has 0 aromatic heterocycles. The summed E-state index contributed by atoms with van der Waals surface area (Å²) in [4.78, 5) is 11.1. The molecule has 2 N–H and O–H groups in total. The molecule has 12 heavy (non-hydrogen) atoms. The summed E-state index contributed by atoms with van der Waals surface area (Å²) < 4.78 is 23.5. The van der Waals surface area contributed by atoms with Gasteiger partial charge in [-0.25, -0.2) is 8.78 Å². The van der Waals surface area contributed by atoms with Gasteiger partial charge in [0.1, 0.15) is 0 Å². The lowest BCUT2D eigenvalue weighted by molar-refractivity contribution is -0.138. The fourth-order valence-corrected chi connectivity index (χ4v) is 0.763. The molecule has 0 bridgehead atoms.